The Balaban J connectivity index is 1.93. The second-order valence-electron chi connectivity index (χ2n) is 4.57. The summed E-state index contributed by atoms with van der Waals surface area (Å²) in [6.45, 7) is -0.0712. The predicted molar refractivity (Wildman–Crippen MR) is 85.0 cm³/mol. The third kappa shape index (κ3) is 2.73. The van der Waals surface area contributed by atoms with Gasteiger partial charge < -0.3 is 15.4 Å². The van der Waals surface area contributed by atoms with E-state index in [9.17, 15) is 9.59 Å². The third-order valence-corrected chi connectivity index (χ3v) is 3.91. The number of carbonyl (C=O) groups excluding carboxylic acids is 2. The minimum atomic E-state index is -0.424. The van der Waals surface area contributed by atoms with E-state index in [0.29, 0.717) is 22.1 Å². The molecule has 2 amide bonds. The van der Waals surface area contributed by atoms with Gasteiger partial charge in [0, 0.05) is 0 Å². The van der Waals surface area contributed by atoms with E-state index in [2.05, 4.69) is 10.6 Å². The molecule has 1 heterocycles. The van der Waals surface area contributed by atoms with Crippen molar-refractivity contribution in [2.45, 2.75) is 0 Å². The summed E-state index contributed by atoms with van der Waals surface area (Å²) in [6, 6.07) is 9.87. The summed E-state index contributed by atoms with van der Waals surface area (Å²) in [7, 11) is 0. The first-order valence-electron chi connectivity index (χ1n) is 6.37. The minimum Gasteiger partial charge on any atom is -0.482 e. The Morgan fingerprint density at radius 3 is 2.77 bits per heavy atom. The molecule has 0 unspecified atom stereocenters. The molecule has 7 heteroatoms. The molecule has 3 rings (SSSR count). The number of ether oxygens (including phenoxy) is 1. The van der Waals surface area contributed by atoms with Crippen LogP contribution in [0.3, 0.4) is 0 Å². The normalized spacial score (nSPS) is 12.9. The quantitative estimate of drug-likeness (QED) is 0.880. The fourth-order valence-corrected chi connectivity index (χ4v) is 2.43. The first-order chi connectivity index (χ1) is 10.6. The van der Waals surface area contributed by atoms with E-state index in [-0.39, 0.29) is 23.1 Å². The van der Waals surface area contributed by atoms with Gasteiger partial charge in [0.15, 0.2) is 6.61 Å². The number of anilines is 2. The highest BCUT2D eigenvalue weighted by Crippen LogP contribution is 2.33. The van der Waals surface area contributed by atoms with Crippen molar-refractivity contribution in [3.63, 3.8) is 0 Å². The van der Waals surface area contributed by atoms with Crippen LogP contribution in [0.1, 0.15) is 10.4 Å². The zero-order valence-corrected chi connectivity index (χ0v) is 12.7. The van der Waals surface area contributed by atoms with Crippen molar-refractivity contribution >= 4 is 46.4 Å². The molecule has 0 saturated heterocycles. The molecule has 0 atom stereocenters. The van der Waals surface area contributed by atoms with Gasteiger partial charge in [-0.2, -0.15) is 0 Å². The number of halogens is 2. The van der Waals surface area contributed by atoms with E-state index in [1.54, 1.807) is 36.4 Å². The van der Waals surface area contributed by atoms with E-state index < -0.39 is 5.91 Å². The molecule has 2 N–H and O–H groups in total. The van der Waals surface area contributed by atoms with Crippen LogP contribution >= 0.6 is 23.2 Å². The molecule has 1 aliphatic heterocycles. The maximum absolute atomic E-state index is 12.4. The van der Waals surface area contributed by atoms with E-state index in [4.69, 9.17) is 27.9 Å². The minimum absolute atomic E-state index is 0.0712. The number of hydrogen-bond acceptors (Lipinski definition) is 3. The number of nitrogens with one attached hydrogen (secondary N) is 2. The lowest BCUT2D eigenvalue weighted by Crippen LogP contribution is -2.27. The highest BCUT2D eigenvalue weighted by Gasteiger charge is 2.22. The zero-order chi connectivity index (χ0) is 15.7. The molecule has 0 aromatic heterocycles. The van der Waals surface area contributed by atoms with Crippen LogP contribution in [0, 0.1) is 0 Å². The van der Waals surface area contributed by atoms with Gasteiger partial charge in [-0.25, -0.2) is 0 Å². The molecule has 0 spiro atoms. The van der Waals surface area contributed by atoms with E-state index >= 15 is 0 Å². The number of amides is 2. The highest BCUT2D eigenvalue weighted by molar-refractivity contribution is 6.44. The smallest absolute Gasteiger partial charge is 0.262 e. The van der Waals surface area contributed by atoms with Gasteiger partial charge in [-0.3, -0.25) is 9.59 Å². The van der Waals surface area contributed by atoms with Crippen molar-refractivity contribution in [3.05, 3.63) is 52.0 Å². The van der Waals surface area contributed by atoms with Crippen LogP contribution in [0.25, 0.3) is 0 Å². The second kappa shape index (κ2) is 5.87. The number of carbonyl (C=O) groups is 2. The van der Waals surface area contributed by atoms with Gasteiger partial charge >= 0.3 is 0 Å². The van der Waals surface area contributed by atoms with Gasteiger partial charge in [-0.15, -0.1) is 0 Å². The Kier molecular flexibility index (Phi) is 3.92. The molecule has 22 heavy (non-hydrogen) atoms. The van der Waals surface area contributed by atoms with Crippen molar-refractivity contribution in [1.29, 1.82) is 0 Å². The van der Waals surface area contributed by atoms with Crippen molar-refractivity contribution in [2.75, 3.05) is 17.2 Å². The van der Waals surface area contributed by atoms with Gasteiger partial charge in [-0.1, -0.05) is 35.3 Å². The average molecular weight is 337 g/mol. The molecule has 5 nitrogen and oxygen atoms in total. The summed E-state index contributed by atoms with van der Waals surface area (Å²) in [5.41, 5.74) is 1.01. The molecule has 0 fully saturated rings. The van der Waals surface area contributed by atoms with Crippen LogP contribution in [0.4, 0.5) is 11.4 Å². The molecule has 0 saturated carbocycles. The summed E-state index contributed by atoms with van der Waals surface area (Å²) in [5.74, 6) is -0.287. The first kappa shape index (κ1) is 14.7. The molecule has 0 bridgehead atoms. The maximum atomic E-state index is 12.4. The number of benzene rings is 2. The van der Waals surface area contributed by atoms with Crippen LogP contribution in [0.2, 0.25) is 10.0 Å². The first-order valence-corrected chi connectivity index (χ1v) is 7.13. The summed E-state index contributed by atoms with van der Waals surface area (Å²) < 4.78 is 5.28. The summed E-state index contributed by atoms with van der Waals surface area (Å²) in [5, 5.41) is 5.90. The topological polar surface area (TPSA) is 67.4 Å². The Morgan fingerprint density at radius 2 is 1.95 bits per heavy atom. The largest absolute Gasteiger partial charge is 0.482 e. The maximum Gasteiger partial charge on any atom is 0.262 e. The number of para-hydroxylation sites is 1. The van der Waals surface area contributed by atoms with Gasteiger partial charge in [0.2, 0.25) is 0 Å². The van der Waals surface area contributed by atoms with Crippen LogP contribution in [0.5, 0.6) is 5.75 Å². The average Bonchev–Trinajstić information content (AvgIpc) is 2.51. The fourth-order valence-electron chi connectivity index (χ4n) is 2.08. The lowest BCUT2D eigenvalue weighted by molar-refractivity contribution is -0.118. The highest BCUT2D eigenvalue weighted by atomic mass is 35.5. The molecule has 1 aliphatic rings. The molecular weight excluding hydrogens is 327 g/mol. The van der Waals surface area contributed by atoms with Crippen LogP contribution in [-0.2, 0) is 4.79 Å². The molecule has 112 valence electrons. The zero-order valence-electron chi connectivity index (χ0n) is 11.2. The van der Waals surface area contributed by atoms with Crippen LogP contribution in [0.15, 0.2) is 36.4 Å². The number of fused-ring (bicyclic) bond motifs is 1. The van der Waals surface area contributed by atoms with Gasteiger partial charge in [0.1, 0.15) is 5.75 Å². The monoisotopic (exact) mass is 336 g/mol. The predicted octanol–water partition coefficient (Wildman–Crippen LogP) is 3.58. The lowest BCUT2D eigenvalue weighted by atomic mass is 10.1. The number of rotatable bonds is 2. The van der Waals surface area contributed by atoms with Crippen molar-refractivity contribution in [3.8, 4) is 5.75 Å². The van der Waals surface area contributed by atoms with Crippen molar-refractivity contribution in [1.82, 2.24) is 0 Å². The van der Waals surface area contributed by atoms with Gasteiger partial charge in [-0.05, 0) is 24.3 Å². The summed E-state index contributed by atoms with van der Waals surface area (Å²) >= 11 is 12.0. The molecule has 0 radical (unpaired) electrons. The van der Waals surface area contributed by atoms with Crippen molar-refractivity contribution in [2.24, 2.45) is 0 Å². The van der Waals surface area contributed by atoms with E-state index in [1.807, 2.05) is 0 Å². The van der Waals surface area contributed by atoms with Crippen molar-refractivity contribution < 1.29 is 14.3 Å². The summed E-state index contributed by atoms with van der Waals surface area (Å²) in [4.78, 5) is 23.9. The second-order valence-corrected chi connectivity index (χ2v) is 5.36. The number of hydrogen-bond donors (Lipinski definition) is 2. The van der Waals surface area contributed by atoms with Crippen LogP contribution in [-0.4, -0.2) is 18.4 Å². The fraction of sp³-hybridized carbons (Fsp3) is 0.0667. The molecular formula is C15H10Cl2N2O3. The van der Waals surface area contributed by atoms with Gasteiger partial charge in [0.25, 0.3) is 11.8 Å². The van der Waals surface area contributed by atoms with E-state index in [1.165, 1.54) is 0 Å². The Morgan fingerprint density at radius 1 is 1.18 bits per heavy atom. The third-order valence-electron chi connectivity index (χ3n) is 3.09. The molecule has 0 aliphatic carbocycles. The van der Waals surface area contributed by atoms with Gasteiger partial charge in [0.05, 0.1) is 27.0 Å². The Hall–Kier alpha value is -2.24. The standard InChI is InChI=1S/C15H10Cl2N2O3/c16-9-4-2-5-10(13(9)17)18-15(21)8-3-1-6-11-14(8)19-12(20)7-22-11/h1-6H,7H2,(H,18,21)(H,19,20). The van der Waals surface area contributed by atoms with Crippen LogP contribution < -0.4 is 15.4 Å². The molecule has 2 aromatic carbocycles. The SMILES string of the molecule is O=C1COc2cccc(C(=O)Nc3cccc(Cl)c3Cl)c2N1. The Bertz CT molecular complexity index is 777. The summed E-state index contributed by atoms with van der Waals surface area (Å²) in [6.07, 6.45) is 0. The lowest BCUT2D eigenvalue weighted by Gasteiger charge is -2.20. The Labute approximate surface area is 136 Å². The molecule has 2 aromatic rings. The van der Waals surface area contributed by atoms with E-state index in [0.717, 1.165) is 0 Å².